The van der Waals surface area contributed by atoms with Crippen molar-refractivity contribution in [1.29, 1.82) is 0 Å². The van der Waals surface area contributed by atoms with E-state index < -0.39 is 11.7 Å². The van der Waals surface area contributed by atoms with Crippen LogP contribution < -0.4 is 15.5 Å². The van der Waals surface area contributed by atoms with E-state index in [-0.39, 0.29) is 15.8 Å². The van der Waals surface area contributed by atoms with Crippen LogP contribution >= 0.6 is 23.8 Å². The predicted octanol–water partition coefficient (Wildman–Crippen LogP) is 6.08. The first-order valence-electron chi connectivity index (χ1n) is 9.48. The molecule has 0 aliphatic carbocycles. The molecule has 1 aliphatic heterocycles. The molecule has 1 saturated heterocycles. The highest BCUT2D eigenvalue weighted by Crippen LogP contribution is 2.36. The first-order valence-corrected chi connectivity index (χ1v) is 10.3. The van der Waals surface area contributed by atoms with Crippen LogP contribution in [-0.2, 0) is 12.7 Å². The molecule has 0 radical (unpaired) electrons. The summed E-state index contributed by atoms with van der Waals surface area (Å²) in [5, 5.41) is 5.69. The van der Waals surface area contributed by atoms with E-state index in [1.807, 2.05) is 12.1 Å². The molecule has 0 bridgehead atoms. The molecule has 2 aromatic carbocycles. The average Bonchev–Trinajstić information content (AvgIpc) is 2.67. The van der Waals surface area contributed by atoms with Crippen molar-refractivity contribution in [2.24, 2.45) is 5.92 Å². The van der Waals surface area contributed by atoms with E-state index in [9.17, 15) is 13.2 Å². The quantitative estimate of drug-likeness (QED) is 0.562. The number of hydrogen-bond donors (Lipinski definition) is 2. The van der Waals surface area contributed by atoms with Gasteiger partial charge in [0.05, 0.1) is 10.6 Å². The third-order valence-electron chi connectivity index (χ3n) is 4.94. The Morgan fingerprint density at radius 1 is 1.21 bits per heavy atom. The molecule has 3 rings (SSSR count). The molecule has 0 saturated carbocycles. The number of halogens is 4. The molecule has 1 aliphatic rings. The zero-order chi connectivity index (χ0) is 21.0. The lowest BCUT2D eigenvalue weighted by atomic mass is 9.99. The third kappa shape index (κ3) is 6.00. The summed E-state index contributed by atoms with van der Waals surface area (Å²) in [5.74, 6) is 0.708. The SMILES string of the molecule is C[C@@H]1CCCN(c2ccc(CNC(=S)Nc3ccc(Cl)c(C(F)(F)F)c3)cc2)C1. The van der Waals surface area contributed by atoms with Gasteiger partial charge in [-0.1, -0.05) is 30.7 Å². The van der Waals surface area contributed by atoms with Gasteiger partial charge in [-0.3, -0.25) is 0 Å². The lowest BCUT2D eigenvalue weighted by molar-refractivity contribution is -0.137. The first kappa shape index (κ1) is 21.7. The number of piperidine rings is 1. The number of thiocarbonyl (C=S) groups is 1. The normalized spacial score (nSPS) is 17.1. The number of anilines is 2. The molecule has 0 spiro atoms. The lowest BCUT2D eigenvalue weighted by Crippen LogP contribution is -2.34. The Kier molecular flexibility index (Phi) is 6.90. The Morgan fingerprint density at radius 3 is 2.59 bits per heavy atom. The Labute approximate surface area is 179 Å². The second-order valence-corrected chi connectivity index (χ2v) is 8.18. The molecule has 0 aromatic heterocycles. The summed E-state index contributed by atoms with van der Waals surface area (Å²) in [6.07, 6.45) is -2.02. The monoisotopic (exact) mass is 441 g/mol. The summed E-state index contributed by atoms with van der Waals surface area (Å²) in [5.41, 5.74) is 1.58. The Hall–Kier alpha value is -1.99. The van der Waals surface area contributed by atoms with Crippen LogP contribution in [0, 0.1) is 5.92 Å². The molecule has 0 unspecified atom stereocenters. The number of alkyl halides is 3. The standard InChI is InChI=1S/C21H23ClF3N3S/c1-14-3-2-10-28(13-14)17-7-4-15(5-8-17)12-26-20(29)27-16-6-9-19(22)18(11-16)21(23,24)25/h4-9,11,14H,2-3,10,12-13H2,1H3,(H2,26,27,29)/t14-/m1/s1. The van der Waals surface area contributed by atoms with Gasteiger partial charge in [-0.15, -0.1) is 0 Å². The van der Waals surface area contributed by atoms with Crippen molar-refractivity contribution < 1.29 is 13.2 Å². The zero-order valence-electron chi connectivity index (χ0n) is 16.0. The molecule has 2 N–H and O–H groups in total. The van der Waals surface area contributed by atoms with Gasteiger partial charge in [-0.25, -0.2) is 0 Å². The van der Waals surface area contributed by atoms with Crippen molar-refractivity contribution in [2.45, 2.75) is 32.5 Å². The van der Waals surface area contributed by atoms with Crippen molar-refractivity contribution in [2.75, 3.05) is 23.3 Å². The van der Waals surface area contributed by atoms with Gasteiger partial charge in [0.1, 0.15) is 0 Å². The molecule has 156 valence electrons. The molecule has 0 amide bonds. The van der Waals surface area contributed by atoms with Gasteiger partial charge < -0.3 is 15.5 Å². The van der Waals surface area contributed by atoms with Crippen molar-refractivity contribution in [1.82, 2.24) is 5.32 Å². The van der Waals surface area contributed by atoms with Crippen LogP contribution in [0.4, 0.5) is 24.5 Å². The van der Waals surface area contributed by atoms with Gasteiger partial charge in [0.2, 0.25) is 0 Å². The van der Waals surface area contributed by atoms with Crippen LogP contribution in [0.5, 0.6) is 0 Å². The second-order valence-electron chi connectivity index (χ2n) is 7.36. The second kappa shape index (κ2) is 9.22. The van der Waals surface area contributed by atoms with Crippen LogP contribution in [0.3, 0.4) is 0 Å². The summed E-state index contributed by atoms with van der Waals surface area (Å²) >= 11 is 10.8. The minimum absolute atomic E-state index is 0.230. The van der Waals surface area contributed by atoms with Gasteiger partial charge in [0.25, 0.3) is 0 Å². The smallest absolute Gasteiger partial charge is 0.371 e. The zero-order valence-corrected chi connectivity index (χ0v) is 17.6. The van der Waals surface area contributed by atoms with Crippen LogP contribution in [0.1, 0.15) is 30.9 Å². The first-order chi connectivity index (χ1) is 13.7. The van der Waals surface area contributed by atoms with Crippen molar-refractivity contribution in [3.63, 3.8) is 0 Å². The van der Waals surface area contributed by atoms with E-state index in [2.05, 4.69) is 34.6 Å². The molecule has 1 atom stereocenters. The number of nitrogens with zero attached hydrogens (tertiary/aromatic N) is 1. The van der Waals surface area contributed by atoms with E-state index in [4.69, 9.17) is 23.8 Å². The number of benzene rings is 2. The van der Waals surface area contributed by atoms with E-state index in [0.717, 1.165) is 24.7 Å². The fourth-order valence-corrected chi connectivity index (χ4v) is 3.84. The van der Waals surface area contributed by atoms with Crippen LogP contribution in [0.2, 0.25) is 5.02 Å². The van der Waals surface area contributed by atoms with Crippen LogP contribution in [0.25, 0.3) is 0 Å². The van der Waals surface area contributed by atoms with Gasteiger partial charge in [-0.2, -0.15) is 13.2 Å². The number of nitrogens with one attached hydrogen (secondary N) is 2. The number of rotatable bonds is 4. The maximum Gasteiger partial charge on any atom is 0.417 e. The fourth-order valence-electron chi connectivity index (χ4n) is 3.43. The van der Waals surface area contributed by atoms with E-state index in [1.54, 1.807) is 0 Å². The van der Waals surface area contributed by atoms with E-state index in [1.165, 1.54) is 30.7 Å². The maximum absolute atomic E-state index is 13.0. The van der Waals surface area contributed by atoms with Crippen molar-refractivity contribution in [3.05, 3.63) is 58.6 Å². The predicted molar refractivity (Wildman–Crippen MR) is 117 cm³/mol. The molecule has 1 fully saturated rings. The minimum Gasteiger partial charge on any atom is -0.371 e. The highest BCUT2D eigenvalue weighted by atomic mass is 35.5. The van der Waals surface area contributed by atoms with Gasteiger partial charge in [0, 0.05) is 31.0 Å². The van der Waals surface area contributed by atoms with Crippen molar-refractivity contribution >= 4 is 40.3 Å². The van der Waals surface area contributed by atoms with Crippen molar-refractivity contribution in [3.8, 4) is 0 Å². The maximum atomic E-state index is 13.0. The molecular formula is C21H23ClF3N3S. The van der Waals surface area contributed by atoms with Gasteiger partial charge in [-0.05, 0) is 66.9 Å². The summed E-state index contributed by atoms with van der Waals surface area (Å²) < 4.78 is 38.9. The molecule has 2 aromatic rings. The molecule has 3 nitrogen and oxygen atoms in total. The molecule has 8 heteroatoms. The third-order valence-corrected chi connectivity index (χ3v) is 5.52. The molecular weight excluding hydrogens is 419 g/mol. The highest BCUT2D eigenvalue weighted by Gasteiger charge is 2.33. The lowest BCUT2D eigenvalue weighted by Gasteiger charge is -2.32. The van der Waals surface area contributed by atoms with Gasteiger partial charge >= 0.3 is 6.18 Å². The summed E-state index contributed by atoms with van der Waals surface area (Å²) in [6.45, 7) is 4.91. The summed E-state index contributed by atoms with van der Waals surface area (Å²) in [7, 11) is 0. The Morgan fingerprint density at radius 2 is 1.93 bits per heavy atom. The minimum atomic E-state index is -4.52. The Balaban J connectivity index is 1.54. The summed E-state index contributed by atoms with van der Waals surface area (Å²) in [6, 6.07) is 11.9. The Bertz CT molecular complexity index is 855. The topological polar surface area (TPSA) is 27.3 Å². The van der Waals surface area contributed by atoms with E-state index >= 15 is 0 Å². The van der Waals surface area contributed by atoms with Crippen LogP contribution in [0.15, 0.2) is 42.5 Å². The average molecular weight is 442 g/mol. The van der Waals surface area contributed by atoms with E-state index in [0.29, 0.717) is 12.5 Å². The van der Waals surface area contributed by atoms with Crippen LogP contribution in [-0.4, -0.2) is 18.2 Å². The highest BCUT2D eigenvalue weighted by molar-refractivity contribution is 7.80. The summed E-state index contributed by atoms with van der Waals surface area (Å²) in [4.78, 5) is 2.40. The van der Waals surface area contributed by atoms with Gasteiger partial charge in [0.15, 0.2) is 5.11 Å². The fraction of sp³-hybridized carbons (Fsp3) is 0.381. The number of hydrogen-bond acceptors (Lipinski definition) is 2. The molecule has 29 heavy (non-hydrogen) atoms. The molecule has 1 heterocycles. The largest absolute Gasteiger partial charge is 0.417 e.